The molecule has 1 aromatic carbocycles. The van der Waals surface area contributed by atoms with Crippen LogP contribution in [0, 0.1) is 0 Å². The van der Waals surface area contributed by atoms with Gasteiger partial charge >= 0.3 is 0 Å². The second-order valence-electron chi connectivity index (χ2n) is 3.59. The van der Waals surface area contributed by atoms with Crippen molar-refractivity contribution in [1.29, 1.82) is 0 Å². The second kappa shape index (κ2) is 5.43. The van der Waals surface area contributed by atoms with Crippen molar-refractivity contribution in [1.82, 2.24) is 0 Å². The van der Waals surface area contributed by atoms with Gasteiger partial charge in [-0.1, -0.05) is 24.3 Å². The lowest BCUT2D eigenvalue weighted by Gasteiger charge is -2.13. The van der Waals surface area contributed by atoms with Gasteiger partial charge in [0.1, 0.15) is 0 Å². The highest BCUT2D eigenvalue weighted by atomic mass is 16.1. The Balaban J connectivity index is 0.000000213. The summed E-state index contributed by atoms with van der Waals surface area (Å²) in [5.74, 6) is -0.333. The van der Waals surface area contributed by atoms with Crippen LogP contribution in [0.5, 0.6) is 0 Å². The second-order valence-corrected chi connectivity index (χ2v) is 3.59. The number of rotatable bonds is 0. The first-order valence-corrected chi connectivity index (χ1v) is 5.03. The Bertz CT molecular complexity index is 278. The molecule has 2 N–H and O–H groups in total. The number of benzene rings is 1. The van der Waals surface area contributed by atoms with Crippen molar-refractivity contribution in [3.8, 4) is 0 Å². The van der Waals surface area contributed by atoms with Gasteiger partial charge in [0, 0.05) is 6.92 Å². The van der Waals surface area contributed by atoms with E-state index in [9.17, 15) is 4.79 Å². The minimum absolute atomic E-state index is 0.333. The van der Waals surface area contributed by atoms with Gasteiger partial charge in [-0.2, -0.15) is 0 Å². The van der Waals surface area contributed by atoms with Crippen molar-refractivity contribution in [2.75, 3.05) is 0 Å². The van der Waals surface area contributed by atoms with Crippen molar-refractivity contribution in [2.45, 2.75) is 32.6 Å². The van der Waals surface area contributed by atoms with Crippen molar-refractivity contribution in [2.24, 2.45) is 5.73 Å². The molecule has 0 unspecified atom stereocenters. The third-order valence-electron chi connectivity index (χ3n) is 2.26. The lowest BCUT2D eigenvalue weighted by Crippen LogP contribution is -2.01. The van der Waals surface area contributed by atoms with Gasteiger partial charge in [0.15, 0.2) is 0 Å². The summed E-state index contributed by atoms with van der Waals surface area (Å²) in [7, 11) is 0. The van der Waals surface area contributed by atoms with E-state index in [1.165, 1.54) is 32.6 Å². The molecule has 0 saturated heterocycles. The van der Waals surface area contributed by atoms with Gasteiger partial charge in [0.2, 0.25) is 5.91 Å². The number of carbonyl (C=O) groups is 1. The van der Waals surface area contributed by atoms with Crippen LogP contribution in [0.2, 0.25) is 0 Å². The number of hydrogen-bond donors (Lipinski definition) is 1. The fraction of sp³-hybridized carbons (Fsp3) is 0.417. The molecule has 0 radical (unpaired) electrons. The molecule has 0 saturated carbocycles. The molecule has 1 amide bonds. The average Bonchev–Trinajstić information content (AvgIpc) is 2.17. The molecule has 76 valence electrons. The van der Waals surface area contributed by atoms with Crippen molar-refractivity contribution in [3.05, 3.63) is 35.4 Å². The Kier molecular flexibility index (Phi) is 4.17. The summed E-state index contributed by atoms with van der Waals surface area (Å²) in [5, 5.41) is 0. The van der Waals surface area contributed by atoms with Crippen LogP contribution in [0.3, 0.4) is 0 Å². The lowest BCUT2D eigenvalue weighted by atomic mass is 9.92. The topological polar surface area (TPSA) is 43.1 Å². The fourth-order valence-corrected chi connectivity index (χ4v) is 1.68. The molecular weight excluding hydrogens is 174 g/mol. The maximum Gasteiger partial charge on any atom is 0.214 e. The van der Waals surface area contributed by atoms with Crippen LogP contribution >= 0.6 is 0 Å². The Hall–Kier alpha value is -1.31. The van der Waals surface area contributed by atoms with E-state index < -0.39 is 0 Å². The molecule has 2 heteroatoms. The minimum atomic E-state index is -0.333. The van der Waals surface area contributed by atoms with Crippen LogP contribution in [0.25, 0.3) is 0 Å². The van der Waals surface area contributed by atoms with Crippen LogP contribution in [-0.4, -0.2) is 5.91 Å². The largest absolute Gasteiger partial charge is 0.370 e. The zero-order valence-electron chi connectivity index (χ0n) is 8.62. The van der Waals surface area contributed by atoms with E-state index in [0.717, 1.165) is 0 Å². The van der Waals surface area contributed by atoms with Crippen LogP contribution < -0.4 is 5.73 Å². The smallest absolute Gasteiger partial charge is 0.214 e. The summed E-state index contributed by atoms with van der Waals surface area (Å²) < 4.78 is 0. The number of hydrogen-bond acceptors (Lipinski definition) is 1. The molecule has 0 spiro atoms. The average molecular weight is 191 g/mol. The summed E-state index contributed by atoms with van der Waals surface area (Å²) in [5.41, 5.74) is 7.63. The molecular formula is C12H17NO. The Morgan fingerprint density at radius 3 is 1.86 bits per heavy atom. The number of aryl methyl sites for hydroxylation is 2. The van der Waals surface area contributed by atoms with Crippen LogP contribution in [0.1, 0.15) is 30.9 Å². The summed E-state index contributed by atoms with van der Waals surface area (Å²) in [6.45, 7) is 1.31. The number of primary amides is 1. The molecule has 0 fully saturated rings. The van der Waals surface area contributed by atoms with Crippen molar-refractivity contribution in [3.63, 3.8) is 0 Å². The first-order chi connectivity index (χ1) is 6.70. The molecule has 1 aliphatic rings. The van der Waals surface area contributed by atoms with E-state index >= 15 is 0 Å². The van der Waals surface area contributed by atoms with E-state index in [0.29, 0.717) is 0 Å². The molecule has 1 aliphatic carbocycles. The van der Waals surface area contributed by atoms with Gasteiger partial charge in [-0.3, -0.25) is 4.79 Å². The highest BCUT2D eigenvalue weighted by molar-refractivity contribution is 5.70. The highest BCUT2D eigenvalue weighted by Crippen LogP contribution is 2.19. The summed E-state index contributed by atoms with van der Waals surface area (Å²) in [6.07, 6.45) is 5.38. The summed E-state index contributed by atoms with van der Waals surface area (Å²) >= 11 is 0. The Morgan fingerprint density at radius 2 is 1.50 bits per heavy atom. The highest BCUT2D eigenvalue weighted by Gasteiger charge is 2.05. The third kappa shape index (κ3) is 3.60. The van der Waals surface area contributed by atoms with Crippen LogP contribution in [0.15, 0.2) is 24.3 Å². The third-order valence-corrected chi connectivity index (χ3v) is 2.26. The molecule has 1 aromatic rings. The van der Waals surface area contributed by atoms with Gasteiger partial charge in [0.05, 0.1) is 0 Å². The van der Waals surface area contributed by atoms with Gasteiger partial charge in [0.25, 0.3) is 0 Å². The predicted octanol–water partition coefficient (Wildman–Crippen LogP) is 2.06. The number of carbonyl (C=O) groups excluding carboxylic acids is 1. The normalized spacial score (nSPS) is 13.5. The Morgan fingerprint density at radius 1 is 1.14 bits per heavy atom. The fourth-order valence-electron chi connectivity index (χ4n) is 1.68. The standard InChI is InChI=1S/C10H12.C2H5NO/c1-2-6-10-8-4-3-7-9(10)5-1;1-2(3)4/h1-2,5-6H,3-4,7-8H2;1H3,(H2,3,4). The first-order valence-electron chi connectivity index (χ1n) is 5.03. The zero-order valence-corrected chi connectivity index (χ0v) is 8.62. The minimum Gasteiger partial charge on any atom is -0.370 e. The van der Waals surface area contributed by atoms with Gasteiger partial charge < -0.3 is 5.73 Å². The maximum absolute atomic E-state index is 9.22. The van der Waals surface area contributed by atoms with Crippen molar-refractivity contribution >= 4 is 5.91 Å². The van der Waals surface area contributed by atoms with E-state index in [-0.39, 0.29) is 5.91 Å². The summed E-state index contributed by atoms with van der Waals surface area (Å²) in [4.78, 5) is 9.22. The monoisotopic (exact) mass is 191 g/mol. The van der Waals surface area contributed by atoms with E-state index in [2.05, 4.69) is 30.0 Å². The van der Waals surface area contributed by atoms with E-state index in [1.54, 1.807) is 11.1 Å². The quantitative estimate of drug-likeness (QED) is 0.670. The van der Waals surface area contributed by atoms with E-state index in [1.807, 2.05) is 0 Å². The van der Waals surface area contributed by atoms with Gasteiger partial charge in [-0.25, -0.2) is 0 Å². The first kappa shape index (κ1) is 10.8. The lowest BCUT2D eigenvalue weighted by molar-refractivity contribution is -0.115. The zero-order chi connectivity index (χ0) is 10.4. The van der Waals surface area contributed by atoms with Crippen molar-refractivity contribution < 1.29 is 4.79 Å². The van der Waals surface area contributed by atoms with Gasteiger partial charge in [-0.05, 0) is 36.8 Å². The van der Waals surface area contributed by atoms with E-state index in [4.69, 9.17) is 0 Å². The number of nitrogens with two attached hydrogens (primary N) is 1. The maximum atomic E-state index is 9.22. The molecule has 0 atom stereocenters. The van der Waals surface area contributed by atoms with Crippen LogP contribution in [0.4, 0.5) is 0 Å². The summed E-state index contributed by atoms with van der Waals surface area (Å²) in [6, 6.07) is 8.80. The Labute approximate surface area is 85.1 Å². The molecule has 0 aromatic heterocycles. The molecule has 0 aliphatic heterocycles. The number of amides is 1. The molecule has 0 bridgehead atoms. The van der Waals surface area contributed by atoms with Gasteiger partial charge in [-0.15, -0.1) is 0 Å². The molecule has 0 heterocycles. The molecule has 2 rings (SSSR count). The van der Waals surface area contributed by atoms with Crippen LogP contribution in [-0.2, 0) is 17.6 Å². The number of fused-ring (bicyclic) bond motifs is 1. The molecule has 2 nitrogen and oxygen atoms in total. The predicted molar refractivity (Wildman–Crippen MR) is 58.0 cm³/mol. The SMILES string of the molecule is CC(N)=O.c1ccc2c(c1)CCCC2. The molecule has 14 heavy (non-hydrogen) atoms.